The minimum atomic E-state index is -0.255. The Bertz CT molecular complexity index is 840. The van der Waals surface area contributed by atoms with Crippen LogP contribution >= 0.6 is 0 Å². The van der Waals surface area contributed by atoms with E-state index in [2.05, 4.69) is 15.5 Å². The molecule has 2 atom stereocenters. The second-order valence-corrected chi connectivity index (χ2v) is 6.47. The highest BCUT2D eigenvalue weighted by Crippen LogP contribution is 2.37. The molecule has 0 spiro atoms. The Morgan fingerprint density at radius 3 is 2.28 bits per heavy atom. The first kappa shape index (κ1) is 16.0. The third-order valence-corrected chi connectivity index (χ3v) is 4.92. The van der Waals surface area contributed by atoms with Crippen LogP contribution in [0, 0.1) is 11.6 Å². The lowest BCUT2D eigenvalue weighted by molar-refractivity contribution is 0.397. The first-order chi connectivity index (χ1) is 12.2. The number of hydrogen-bond donors (Lipinski definition) is 2. The molecule has 2 N–H and O–H groups in total. The third kappa shape index (κ3) is 3.33. The predicted molar refractivity (Wildman–Crippen MR) is 93.4 cm³/mol. The zero-order valence-electron chi connectivity index (χ0n) is 13.7. The first-order valence-corrected chi connectivity index (χ1v) is 8.48. The number of halogens is 2. The quantitative estimate of drug-likeness (QED) is 0.750. The number of aromatic amines is 1. The van der Waals surface area contributed by atoms with E-state index in [1.54, 1.807) is 12.1 Å². The van der Waals surface area contributed by atoms with Gasteiger partial charge in [0, 0.05) is 29.6 Å². The van der Waals surface area contributed by atoms with Crippen molar-refractivity contribution in [1.82, 2.24) is 15.5 Å². The Morgan fingerprint density at radius 2 is 1.56 bits per heavy atom. The minimum absolute atomic E-state index is 0.218. The summed E-state index contributed by atoms with van der Waals surface area (Å²) in [5, 5.41) is 11.0. The van der Waals surface area contributed by atoms with Crippen LogP contribution in [0.4, 0.5) is 8.78 Å². The van der Waals surface area contributed by atoms with Crippen LogP contribution in [0.1, 0.15) is 29.5 Å². The number of nitrogens with zero attached hydrogens (tertiary/aromatic N) is 1. The van der Waals surface area contributed by atoms with Gasteiger partial charge in [0.05, 0.1) is 5.69 Å². The summed E-state index contributed by atoms with van der Waals surface area (Å²) in [4.78, 5) is 0. The fourth-order valence-electron chi connectivity index (χ4n) is 3.59. The number of aromatic nitrogens is 2. The molecule has 128 valence electrons. The van der Waals surface area contributed by atoms with Gasteiger partial charge in [0.15, 0.2) is 0 Å². The fourth-order valence-corrected chi connectivity index (χ4v) is 3.59. The van der Waals surface area contributed by atoms with Crippen LogP contribution in [-0.4, -0.2) is 23.3 Å². The monoisotopic (exact) mass is 339 g/mol. The van der Waals surface area contributed by atoms with E-state index in [1.165, 1.54) is 24.3 Å². The van der Waals surface area contributed by atoms with Crippen LogP contribution in [0.25, 0.3) is 11.3 Å². The molecule has 0 aliphatic carbocycles. The van der Waals surface area contributed by atoms with E-state index < -0.39 is 0 Å². The number of benzene rings is 2. The van der Waals surface area contributed by atoms with Crippen molar-refractivity contribution < 1.29 is 8.78 Å². The molecular formula is C20H19F2N3. The second kappa shape index (κ2) is 6.76. The smallest absolute Gasteiger partial charge is 0.123 e. The summed E-state index contributed by atoms with van der Waals surface area (Å²) in [5.41, 5.74) is 3.88. The van der Waals surface area contributed by atoms with Gasteiger partial charge in [0.2, 0.25) is 0 Å². The molecule has 0 saturated carbocycles. The summed E-state index contributed by atoms with van der Waals surface area (Å²) < 4.78 is 26.3. The summed E-state index contributed by atoms with van der Waals surface area (Å²) in [7, 11) is 0. The van der Waals surface area contributed by atoms with Crippen LogP contribution in [0.15, 0.2) is 54.6 Å². The minimum Gasteiger partial charge on any atom is -0.316 e. The molecule has 3 nitrogen and oxygen atoms in total. The lowest BCUT2D eigenvalue weighted by Gasteiger charge is -2.31. The van der Waals surface area contributed by atoms with Crippen LogP contribution in [0.2, 0.25) is 0 Å². The lowest BCUT2D eigenvalue weighted by Crippen LogP contribution is -2.34. The van der Waals surface area contributed by atoms with E-state index in [-0.39, 0.29) is 23.5 Å². The van der Waals surface area contributed by atoms with Gasteiger partial charge in [-0.2, -0.15) is 5.10 Å². The van der Waals surface area contributed by atoms with E-state index >= 15 is 0 Å². The predicted octanol–water partition coefficient (Wildman–Crippen LogP) is 4.22. The van der Waals surface area contributed by atoms with Crippen molar-refractivity contribution in [2.45, 2.75) is 18.3 Å². The fraction of sp³-hybridized carbons (Fsp3) is 0.250. The number of rotatable bonds is 3. The molecule has 1 saturated heterocycles. The Labute approximate surface area is 145 Å². The number of nitrogens with one attached hydrogen (secondary N) is 2. The van der Waals surface area contributed by atoms with Gasteiger partial charge in [0.25, 0.3) is 0 Å². The number of hydrogen-bond acceptors (Lipinski definition) is 2. The summed E-state index contributed by atoms with van der Waals surface area (Å²) in [6.45, 7) is 1.79. The maximum absolute atomic E-state index is 13.2. The van der Waals surface area contributed by atoms with Crippen molar-refractivity contribution in [2.24, 2.45) is 0 Å². The zero-order valence-corrected chi connectivity index (χ0v) is 13.7. The van der Waals surface area contributed by atoms with Crippen LogP contribution < -0.4 is 5.32 Å². The van der Waals surface area contributed by atoms with Gasteiger partial charge in [0.1, 0.15) is 11.6 Å². The van der Waals surface area contributed by atoms with E-state index in [0.717, 1.165) is 42.0 Å². The number of piperidine rings is 1. The highest BCUT2D eigenvalue weighted by atomic mass is 19.1. The van der Waals surface area contributed by atoms with Gasteiger partial charge in [-0.15, -0.1) is 0 Å². The standard InChI is InChI=1S/C20H19F2N3/c21-15-5-1-13(2-6-15)18-12-23-10-9-17(18)20-11-19(24-25-20)14-3-7-16(22)8-4-14/h1-8,11,17-18,23H,9-10,12H2,(H,24,25)/t17-,18+/m1/s1. The first-order valence-electron chi connectivity index (χ1n) is 8.48. The summed E-state index contributed by atoms with van der Waals surface area (Å²) in [6.07, 6.45) is 0.979. The van der Waals surface area contributed by atoms with Gasteiger partial charge in [-0.1, -0.05) is 12.1 Å². The SMILES string of the molecule is Fc1ccc(-c2cc([C@@H]3CCNC[C@H]3c3ccc(F)cc3)[nH]n2)cc1. The molecule has 1 aliphatic heterocycles. The molecule has 1 aliphatic rings. The zero-order chi connectivity index (χ0) is 17.2. The third-order valence-electron chi connectivity index (χ3n) is 4.92. The summed E-state index contributed by atoms with van der Waals surface area (Å²) in [6, 6.07) is 15.1. The Balaban J connectivity index is 1.62. The van der Waals surface area contributed by atoms with Gasteiger partial charge in [-0.25, -0.2) is 8.78 Å². The second-order valence-electron chi connectivity index (χ2n) is 6.47. The van der Waals surface area contributed by atoms with Crippen molar-refractivity contribution in [3.05, 3.63) is 77.5 Å². The molecular weight excluding hydrogens is 320 g/mol. The van der Waals surface area contributed by atoms with E-state index in [9.17, 15) is 8.78 Å². The molecule has 4 rings (SSSR count). The molecule has 1 fully saturated rings. The molecule has 3 aromatic rings. The molecule has 0 amide bonds. The van der Waals surface area contributed by atoms with Crippen LogP contribution in [0.3, 0.4) is 0 Å². The molecule has 2 aromatic carbocycles. The van der Waals surface area contributed by atoms with E-state index in [4.69, 9.17) is 0 Å². The molecule has 2 heterocycles. The maximum atomic E-state index is 13.2. The summed E-state index contributed by atoms with van der Waals surface area (Å²) >= 11 is 0. The molecule has 1 aromatic heterocycles. The maximum Gasteiger partial charge on any atom is 0.123 e. The van der Waals surface area contributed by atoms with Gasteiger partial charge < -0.3 is 5.32 Å². The molecule has 25 heavy (non-hydrogen) atoms. The normalized spacial score (nSPS) is 20.6. The van der Waals surface area contributed by atoms with E-state index in [0.29, 0.717) is 0 Å². The van der Waals surface area contributed by atoms with Gasteiger partial charge >= 0.3 is 0 Å². The average Bonchev–Trinajstić information content (AvgIpc) is 3.13. The van der Waals surface area contributed by atoms with Crippen molar-refractivity contribution >= 4 is 0 Å². The lowest BCUT2D eigenvalue weighted by atomic mass is 9.79. The van der Waals surface area contributed by atoms with Crippen LogP contribution in [0.5, 0.6) is 0 Å². The number of H-pyrrole nitrogens is 1. The largest absolute Gasteiger partial charge is 0.316 e. The van der Waals surface area contributed by atoms with Crippen molar-refractivity contribution in [3.8, 4) is 11.3 Å². The Hall–Kier alpha value is -2.53. The Morgan fingerprint density at radius 1 is 0.880 bits per heavy atom. The highest BCUT2D eigenvalue weighted by molar-refractivity contribution is 5.59. The summed E-state index contributed by atoms with van der Waals surface area (Å²) in [5.74, 6) is 0.0720. The van der Waals surface area contributed by atoms with Crippen molar-refractivity contribution in [3.63, 3.8) is 0 Å². The molecule has 0 unspecified atom stereocenters. The van der Waals surface area contributed by atoms with Gasteiger partial charge in [-0.05, 0) is 61.0 Å². The Kier molecular flexibility index (Phi) is 4.32. The topological polar surface area (TPSA) is 40.7 Å². The van der Waals surface area contributed by atoms with Crippen molar-refractivity contribution in [1.29, 1.82) is 0 Å². The van der Waals surface area contributed by atoms with Crippen LogP contribution in [-0.2, 0) is 0 Å². The highest BCUT2D eigenvalue weighted by Gasteiger charge is 2.29. The molecule has 0 radical (unpaired) electrons. The van der Waals surface area contributed by atoms with E-state index in [1.807, 2.05) is 18.2 Å². The molecule has 5 heteroatoms. The van der Waals surface area contributed by atoms with Crippen molar-refractivity contribution in [2.75, 3.05) is 13.1 Å². The average molecular weight is 339 g/mol. The molecule has 0 bridgehead atoms. The van der Waals surface area contributed by atoms with Gasteiger partial charge in [-0.3, -0.25) is 5.10 Å².